The molecule has 1 heterocycles. The number of hydrogen-bond donors (Lipinski definition) is 2. The van der Waals surface area contributed by atoms with E-state index in [1.54, 1.807) is 0 Å². The fourth-order valence-electron chi connectivity index (χ4n) is 2.43. The smallest absolute Gasteiger partial charge is 0.135 e. The summed E-state index contributed by atoms with van der Waals surface area (Å²) >= 11 is 0. The molecular formula is C22H30N4. The number of nitrogens with zero attached hydrogens (tertiary/aromatic N) is 2. The van der Waals surface area contributed by atoms with Crippen molar-refractivity contribution in [1.82, 2.24) is 4.98 Å². The van der Waals surface area contributed by atoms with Gasteiger partial charge in [0.15, 0.2) is 0 Å². The Morgan fingerprint density at radius 3 is 2.65 bits per heavy atom. The summed E-state index contributed by atoms with van der Waals surface area (Å²) in [5.41, 5.74) is 4.85. The second-order valence-electron chi connectivity index (χ2n) is 6.18. The van der Waals surface area contributed by atoms with Crippen LogP contribution in [0.25, 0.3) is 5.57 Å². The summed E-state index contributed by atoms with van der Waals surface area (Å²) in [6.07, 6.45) is 8.94. The molecular weight excluding hydrogens is 320 g/mol. The van der Waals surface area contributed by atoms with E-state index >= 15 is 0 Å². The van der Waals surface area contributed by atoms with Crippen molar-refractivity contribution in [3.63, 3.8) is 0 Å². The highest BCUT2D eigenvalue weighted by molar-refractivity contribution is 6.10. The normalized spacial score (nSPS) is 11.9. The number of aliphatic imine (C=N–C) groups is 1. The summed E-state index contributed by atoms with van der Waals surface area (Å²) in [4.78, 5) is 9.41. The monoisotopic (exact) mass is 350 g/mol. The van der Waals surface area contributed by atoms with Gasteiger partial charge < -0.3 is 10.7 Å². The molecule has 0 aliphatic rings. The van der Waals surface area contributed by atoms with E-state index in [2.05, 4.69) is 42.9 Å². The van der Waals surface area contributed by atoms with E-state index in [0.29, 0.717) is 5.82 Å². The molecule has 1 aromatic rings. The largest absolute Gasteiger partial charge is 0.373 e. The molecule has 2 N–H and O–H groups in total. The van der Waals surface area contributed by atoms with Crippen molar-refractivity contribution in [2.24, 2.45) is 4.99 Å². The summed E-state index contributed by atoms with van der Waals surface area (Å²) in [5.74, 6) is 6.76. The highest BCUT2D eigenvalue weighted by atomic mass is 15.0. The molecule has 0 aliphatic carbocycles. The van der Waals surface area contributed by atoms with E-state index in [1.165, 1.54) is 6.21 Å². The van der Waals surface area contributed by atoms with E-state index in [1.807, 2.05) is 45.3 Å². The first-order valence-electron chi connectivity index (χ1n) is 9.04. The number of nitrogens with one attached hydrogen (secondary N) is 2. The Labute approximate surface area is 158 Å². The molecule has 1 aromatic heterocycles. The van der Waals surface area contributed by atoms with Crippen molar-refractivity contribution in [1.29, 1.82) is 5.41 Å². The van der Waals surface area contributed by atoms with Gasteiger partial charge in [0, 0.05) is 37.0 Å². The number of anilines is 1. The lowest BCUT2D eigenvalue weighted by Gasteiger charge is -2.13. The highest BCUT2D eigenvalue weighted by Crippen LogP contribution is 2.22. The third-order valence-corrected chi connectivity index (χ3v) is 3.96. The minimum atomic E-state index is 0.0984. The molecule has 4 heteroatoms. The van der Waals surface area contributed by atoms with Gasteiger partial charge in [0.1, 0.15) is 5.82 Å². The third-order valence-electron chi connectivity index (χ3n) is 3.96. The van der Waals surface area contributed by atoms with Crippen molar-refractivity contribution in [3.8, 4) is 11.8 Å². The predicted molar refractivity (Wildman–Crippen MR) is 114 cm³/mol. The summed E-state index contributed by atoms with van der Waals surface area (Å²) in [6, 6.07) is 2.11. The van der Waals surface area contributed by atoms with Crippen LogP contribution in [0.2, 0.25) is 0 Å². The molecule has 138 valence electrons. The molecule has 0 saturated carbocycles. The van der Waals surface area contributed by atoms with Gasteiger partial charge in [0.05, 0.1) is 11.7 Å². The minimum Gasteiger partial charge on any atom is -0.373 e. The average Bonchev–Trinajstić information content (AvgIpc) is 2.62. The number of pyridine rings is 1. The molecule has 0 spiro atoms. The van der Waals surface area contributed by atoms with Crippen LogP contribution in [0.4, 0.5) is 5.82 Å². The van der Waals surface area contributed by atoms with E-state index in [-0.39, 0.29) is 6.04 Å². The third kappa shape index (κ3) is 6.00. The number of rotatable bonds is 7. The fourth-order valence-corrected chi connectivity index (χ4v) is 2.43. The van der Waals surface area contributed by atoms with Gasteiger partial charge in [-0.1, -0.05) is 37.3 Å². The van der Waals surface area contributed by atoms with Crippen LogP contribution in [0, 0.1) is 24.2 Å². The van der Waals surface area contributed by atoms with Crippen LogP contribution in [0.15, 0.2) is 28.8 Å². The molecule has 4 nitrogen and oxygen atoms in total. The molecule has 0 radical (unpaired) electrons. The Morgan fingerprint density at radius 1 is 1.38 bits per heavy atom. The quantitative estimate of drug-likeness (QED) is 0.534. The van der Waals surface area contributed by atoms with Crippen LogP contribution < -0.4 is 5.32 Å². The molecule has 0 fully saturated rings. The fraction of sp³-hybridized carbons (Fsp3) is 0.409. The van der Waals surface area contributed by atoms with Gasteiger partial charge in [-0.05, 0) is 44.9 Å². The number of aryl methyl sites for hydroxylation is 1. The maximum absolute atomic E-state index is 7.59. The van der Waals surface area contributed by atoms with Gasteiger partial charge in [0.25, 0.3) is 0 Å². The van der Waals surface area contributed by atoms with Crippen LogP contribution in [-0.2, 0) is 0 Å². The second kappa shape index (κ2) is 11.0. The van der Waals surface area contributed by atoms with Gasteiger partial charge in [-0.2, -0.15) is 0 Å². The zero-order valence-corrected chi connectivity index (χ0v) is 16.8. The average molecular weight is 351 g/mol. The van der Waals surface area contributed by atoms with Gasteiger partial charge in [-0.3, -0.25) is 4.99 Å². The molecule has 0 saturated heterocycles. The molecule has 1 unspecified atom stereocenters. The topological polar surface area (TPSA) is 61.1 Å². The first-order valence-corrected chi connectivity index (χ1v) is 9.04. The maximum Gasteiger partial charge on any atom is 0.135 e. The highest BCUT2D eigenvalue weighted by Gasteiger charge is 2.11. The lowest BCUT2D eigenvalue weighted by molar-refractivity contribution is 0.789. The van der Waals surface area contributed by atoms with Crippen molar-refractivity contribution in [2.45, 2.75) is 53.5 Å². The van der Waals surface area contributed by atoms with Crippen molar-refractivity contribution in [2.75, 3.05) is 12.4 Å². The van der Waals surface area contributed by atoms with Gasteiger partial charge >= 0.3 is 0 Å². The van der Waals surface area contributed by atoms with Crippen molar-refractivity contribution < 1.29 is 0 Å². The Bertz CT molecular complexity index is 769. The van der Waals surface area contributed by atoms with Gasteiger partial charge in [-0.15, -0.1) is 0 Å². The first-order chi connectivity index (χ1) is 12.5. The first kappa shape index (κ1) is 21.4. The molecule has 0 aliphatic heterocycles. The molecule has 26 heavy (non-hydrogen) atoms. The number of hydrogen-bond acceptors (Lipinski definition) is 4. The molecule has 0 aromatic carbocycles. The molecule has 0 amide bonds. The Kier molecular flexibility index (Phi) is 9.08. The summed E-state index contributed by atoms with van der Waals surface area (Å²) in [7, 11) is 1.82. The van der Waals surface area contributed by atoms with Crippen LogP contribution in [0.5, 0.6) is 0 Å². The Morgan fingerprint density at radius 2 is 2.12 bits per heavy atom. The summed E-state index contributed by atoms with van der Waals surface area (Å²) in [5, 5.41) is 10.7. The van der Waals surface area contributed by atoms with Crippen molar-refractivity contribution in [3.05, 3.63) is 40.6 Å². The van der Waals surface area contributed by atoms with Crippen LogP contribution in [-0.4, -0.2) is 30.5 Å². The molecule has 1 rings (SSSR count). The number of aromatic nitrogens is 1. The zero-order chi connectivity index (χ0) is 19.5. The van der Waals surface area contributed by atoms with Gasteiger partial charge in [-0.25, -0.2) is 4.98 Å². The Balaban J connectivity index is 3.22. The summed E-state index contributed by atoms with van der Waals surface area (Å²) < 4.78 is 0. The van der Waals surface area contributed by atoms with E-state index in [9.17, 15) is 0 Å². The van der Waals surface area contributed by atoms with Gasteiger partial charge in [0.2, 0.25) is 0 Å². The van der Waals surface area contributed by atoms with E-state index in [0.717, 1.165) is 40.8 Å². The molecule has 0 bridgehead atoms. The standard InChI is InChI=1S/C22H30N4/c1-7-9-10-11-12-18(8-2)25-15-20(16(3)4)21-13-17(5)19(14-23)22(24-6)26-21/h11-15,18,23H,7-8H2,1-6H3,(H,24,26)/b12-11-,23-14?,25-15?. The summed E-state index contributed by atoms with van der Waals surface area (Å²) in [6.45, 7) is 10.3. The lowest BCUT2D eigenvalue weighted by Crippen LogP contribution is -2.05. The Hall–Kier alpha value is -2.67. The van der Waals surface area contributed by atoms with Crippen LogP contribution in [0.3, 0.4) is 0 Å². The van der Waals surface area contributed by atoms with Crippen LogP contribution >= 0.6 is 0 Å². The number of allylic oxidation sites excluding steroid dienone is 3. The van der Waals surface area contributed by atoms with E-state index < -0.39 is 0 Å². The SMILES string of the molecule is CCC#C/C=C\C(CC)N=CC(=C(C)C)c1cc(C)c(C=N)c(NC)n1. The zero-order valence-electron chi connectivity index (χ0n) is 16.8. The van der Waals surface area contributed by atoms with E-state index in [4.69, 9.17) is 10.4 Å². The maximum atomic E-state index is 7.59. The lowest BCUT2D eigenvalue weighted by atomic mass is 10.0. The van der Waals surface area contributed by atoms with Crippen LogP contribution in [0.1, 0.15) is 57.4 Å². The minimum absolute atomic E-state index is 0.0984. The second-order valence-corrected chi connectivity index (χ2v) is 6.18. The van der Waals surface area contributed by atoms with Crippen molar-refractivity contribution >= 4 is 23.8 Å². The predicted octanol–water partition coefficient (Wildman–Crippen LogP) is 5.04. The molecule has 1 atom stereocenters.